The lowest BCUT2D eigenvalue weighted by Gasteiger charge is -2.04. The third kappa shape index (κ3) is 2.26. The molecule has 0 spiro atoms. The maximum atomic E-state index is 11.6. The third-order valence-electron chi connectivity index (χ3n) is 2.60. The lowest BCUT2D eigenvalue weighted by atomic mass is 10.2. The number of ether oxygens (including phenoxy) is 1. The normalized spacial score (nSPS) is 15.0. The number of pyridine rings is 1. The van der Waals surface area contributed by atoms with Crippen LogP contribution in [0, 0.1) is 0 Å². The molecular weight excluding hydrogens is 194 g/mol. The lowest BCUT2D eigenvalue weighted by Crippen LogP contribution is -2.24. The van der Waals surface area contributed by atoms with Crippen LogP contribution < -0.4 is 5.56 Å². The number of rotatable bonds is 3. The van der Waals surface area contributed by atoms with E-state index < -0.39 is 5.97 Å². The molecule has 1 fully saturated rings. The number of aromatic nitrogens is 1. The van der Waals surface area contributed by atoms with Gasteiger partial charge in [0.1, 0.15) is 6.54 Å². The van der Waals surface area contributed by atoms with Crippen molar-refractivity contribution in [2.45, 2.75) is 25.3 Å². The fourth-order valence-corrected chi connectivity index (χ4v) is 1.53. The zero-order valence-corrected chi connectivity index (χ0v) is 8.60. The SMILES string of the molecule is COC(=O)Cn1ccc(C2CC2)cc1=O. The van der Waals surface area contributed by atoms with E-state index in [1.54, 1.807) is 12.3 Å². The van der Waals surface area contributed by atoms with Crippen molar-refractivity contribution in [1.82, 2.24) is 4.57 Å². The highest BCUT2D eigenvalue weighted by molar-refractivity contribution is 5.68. The van der Waals surface area contributed by atoms with Crippen molar-refractivity contribution in [2.75, 3.05) is 7.11 Å². The van der Waals surface area contributed by atoms with Gasteiger partial charge < -0.3 is 9.30 Å². The van der Waals surface area contributed by atoms with E-state index >= 15 is 0 Å². The van der Waals surface area contributed by atoms with Crippen LogP contribution in [0.25, 0.3) is 0 Å². The Morgan fingerprint density at radius 3 is 2.87 bits per heavy atom. The topological polar surface area (TPSA) is 48.3 Å². The van der Waals surface area contributed by atoms with Crippen molar-refractivity contribution in [1.29, 1.82) is 0 Å². The van der Waals surface area contributed by atoms with Crippen LogP contribution in [0.15, 0.2) is 23.1 Å². The van der Waals surface area contributed by atoms with Gasteiger partial charge >= 0.3 is 5.97 Å². The Bertz CT molecular complexity index is 432. The smallest absolute Gasteiger partial charge is 0.325 e. The largest absolute Gasteiger partial charge is 0.468 e. The van der Waals surface area contributed by atoms with Crippen LogP contribution in [0.3, 0.4) is 0 Å². The summed E-state index contributed by atoms with van der Waals surface area (Å²) in [5.41, 5.74) is 0.950. The second kappa shape index (κ2) is 3.88. The predicted molar refractivity (Wildman–Crippen MR) is 54.7 cm³/mol. The Hall–Kier alpha value is -1.58. The molecule has 0 aliphatic heterocycles. The molecule has 1 aromatic heterocycles. The maximum Gasteiger partial charge on any atom is 0.325 e. The van der Waals surface area contributed by atoms with Gasteiger partial charge in [0.15, 0.2) is 0 Å². The molecule has 1 aromatic rings. The van der Waals surface area contributed by atoms with E-state index in [2.05, 4.69) is 4.74 Å². The van der Waals surface area contributed by atoms with E-state index in [1.807, 2.05) is 6.07 Å². The molecule has 0 saturated heterocycles. The first kappa shape index (κ1) is 9.96. The molecular formula is C11H13NO3. The number of hydrogen-bond acceptors (Lipinski definition) is 3. The van der Waals surface area contributed by atoms with Gasteiger partial charge in [0.05, 0.1) is 7.11 Å². The van der Waals surface area contributed by atoms with Crippen molar-refractivity contribution in [3.05, 3.63) is 34.2 Å². The van der Waals surface area contributed by atoms with Crippen LogP contribution in [0.2, 0.25) is 0 Å². The van der Waals surface area contributed by atoms with Crippen molar-refractivity contribution in [3.63, 3.8) is 0 Å². The van der Waals surface area contributed by atoms with Gasteiger partial charge in [-0.1, -0.05) is 0 Å². The first-order valence-corrected chi connectivity index (χ1v) is 4.98. The molecule has 15 heavy (non-hydrogen) atoms. The number of methoxy groups -OCH3 is 1. The first-order valence-electron chi connectivity index (χ1n) is 4.98. The molecule has 1 aliphatic carbocycles. The van der Waals surface area contributed by atoms with Gasteiger partial charge in [-0.3, -0.25) is 9.59 Å². The van der Waals surface area contributed by atoms with Gasteiger partial charge in [-0.2, -0.15) is 0 Å². The minimum absolute atomic E-state index is 0.0136. The maximum absolute atomic E-state index is 11.6. The average Bonchev–Trinajstić information content (AvgIpc) is 3.04. The molecule has 0 aromatic carbocycles. The van der Waals surface area contributed by atoms with E-state index in [-0.39, 0.29) is 12.1 Å². The molecule has 0 N–H and O–H groups in total. The minimum Gasteiger partial charge on any atom is -0.468 e. The van der Waals surface area contributed by atoms with Crippen molar-refractivity contribution in [3.8, 4) is 0 Å². The van der Waals surface area contributed by atoms with Gasteiger partial charge in [0.25, 0.3) is 5.56 Å². The molecule has 0 radical (unpaired) electrons. The van der Waals surface area contributed by atoms with Crippen molar-refractivity contribution < 1.29 is 9.53 Å². The summed E-state index contributed by atoms with van der Waals surface area (Å²) in [6.45, 7) is -0.0136. The summed E-state index contributed by atoms with van der Waals surface area (Å²) in [6.07, 6.45) is 3.99. The molecule has 4 nitrogen and oxygen atoms in total. The highest BCUT2D eigenvalue weighted by atomic mass is 16.5. The number of esters is 1. The Kier molecular flexibility index (Phi) is 2.58. The summed E-state index contributed by atoms with van der Waals surface area (Å²) < 4.78 is 5.86. The summed E-state index contributed by atoms with van der Waals surface area (Å²) in [4.78, 5) is 22.6. The lowest BCUT2D eigenvalue weighted by molar-refractivity contribution is -0.141. The highest BCUT2D eigenvalue weighted by Crippen LogP contribution is 2.39. The van der Waals surface area contributed by atoms with Gasteiger partial charge in [0.2, 0.25) is 0 Å². The van der Waals surface area contributed by atoms with E-state index in [9.17, 15) is 9.59 Å². The van der Waals surface area contributed by atoms with Gasteiger partial charge in [-0.25, -0.2) is 0 Å². The van der Waals surface area contributed by atoms with Crippen molar-refractivity contribution >= 4 is 5.97 Å². The average molecular weight is 207 g/mol. The van der Waals surface area contributed by atoms with Gasteiger partial charge in [0, 0.05) is 12.3 Å². The van der Waals surface area contributed by atoms with E-state index in [0.717, 1.165) is 5.56 Å². The molecule has 1 heterocycles. The number of hydrogen-bond donors (Lipinski definition) is 0. The summed E-state index contributed by atoms with van der Waals surface area (Å²) >= 11 is 0. The standard InChI is InChI=1S/C11H13NO3/c1-15-11(14)7-12-5-4-9(6-10(12)13)8-2-3-8/h4-6,8H,2-3,7H2,1H3. The Balaban J connectivity index is 2.18. The Morgan fingerprint density at radius 1 is 1.60 bits per heavy atom. The number of carbonyl (C=O) groups excluding carboxylic acids is 1. The zero-order valence-electron chi connectivity index (χ0n) is 8.60. The fourth-order valence-electron chi connectivity index (χ4n) is 1.53. The second-order valence-corrected chi connectivity index (χ2v) is 3.78. The monoisotopic (exact) mass is 207 g/mol. The van der Waals surface area contributed by atoms with E-state index in [1.165, 1.54) is 24.5 Å². The molecule has 4 heteroatoms. The van der Waals surface area contributed by atoms with Crippen LogP contribution in [-0.4, -0.2) is 17.6 Å². The summed E-state index contributed by atoms with van der Waals surface area (Å²) in [7, 11) is 1.31. The van der Waals surface area contributed by atoms with Crippen LogP contribution in [-0.2, 0) is 16.1 Å². The summed E-state index contributed by atoms with van der Waals surface area (Å²) in [6, 6.07) is 3.52. The number of nitrogens with zero attached hydrogens (tertiary/aromatic N) is 1. The molecule has 80 valence electrons. The molecule has 0 unspecified atom stereocenters. The zero-order chi connectivity index (χ0) is 10.8. The quantitative estimate of drug-likeness (QED) is 0.692. The van der Waals surface area contributed by atoms with Gasteiger partial charge in [-0.05, 0) is 30.4 Å². The van der Waals surface area contributed by atoms with Crippen LogP contribution in [0.4, 0.5) is 0 Å². The van der Waals surface area contributed by atoms with E-state index in [4.69, 9.17) is 0 Å². The van der Waals surface area contributed by atoms with Crippen LogP contribution in [0.5, 0.6) is 0 Å². The minimum atomic E-state index is -0.406. The van der Waals surface area contributed by atoms with E-state index in [0.29, 0.717) is 5.92 Å². The van der Waals surface area contributed by atoms with Crippen LogP contribution in [0.1, 0.15) is 24.3 Å². The van der Waals surface area contributed by atoms with Gasteiger partial charge in [-0.15, -0.1) is 0 Å². The predicted octanol–water partition coefficient (Wildman–Crippen LogP) is 0.899. The molecule has 0 atom stereocenters. The molecule has 0 amide bonds. The molecule has 1 aliphatic rings. The molecule has 0 bridgehead atoms. The number of carbonyl (C=O) groups is 1. The first-order chi connectivity index (χ1) is 7.20. The fraction of sp³-hybridized carbons (Fsp3) is 0.455. The van der Waals surface area contributed by atoms with Crippen molar-refractivity contribution in [2.24, 2.45) is 0 Å². The Morgan fingerprint density at radius 2 is 2.33 bits per heavy atom. The highest BCUT2D eigenvalue weighted by Gasteiger charge is 2.23. The van der Waals surface area contributed by atoms with Crippen LogP contribution >= 0.6 is 0 Å². The summed E-state index contributed by atoms with van der Waals surface area (Å²) in [5.74, 6) is 0.154. The Labute approximate surface area is 87.5 Å². The summed E-state index contributed by atoms with van der Waals surface area (Å²) in [5, 5.41) is 0. The molecule has 1 saturated carbocycles. The third-order valence-corrected chi connectivity index (χ3v) is 2.60. The molecule has 2 rings (SSSR count). The second-order valence-electron chi connectivity index (χ2n) is 3.78.